The van der Waals surface area contributed by atoms with Crippen molar-refractivity contribution in [2.24, 2.45) is 0 Å². The Bertz CT molecular complexity index is 560. The number of aryl methyl sites for hydroxylation is 2. The number of nitrogens with one attached hydrogen (secondary N) is 1. The molecule has 2 rings (SSSR count). The Kier molecular flexibility index (Phi) is 9.60. The number of hydrogen-bond acceptors (Lipinski definition) is 1. The molecule has 1 aromatic carbocycles. The fraction of sp³-hybridized carbons (Fsp3) is 0.650. The van der Waals surface area contributed by atoms with Crippen LogP contribution in [0.4, 0.5) is 5.69 Å². The summed E-state index contributed by atoms with van der Waals surface area (Å²) in [6.45, 7) is 11.7. The van der Waals surface area contributed by atoms with Gasteiger partial charge >= 0.3 is 0 Å². The molecule has 5 heteroatoms. The van der Waals surface area contributed by atoms with Crippen molar-refractivity contribution in [2.45, 2.75) is 65.8 Å². The Hall–Kier alpha value is 0.0439. The fourth-order valence-corrected chi connectivity index (χ4v) is 4.63. The summed E-state index contributed by atoms with van der Waals surface area (Å²) in [5, 5.41) is 3.94. The van der Waals surface area contributed by atoms with Crippen LogP contribution in [0.5, 0.6) is 0 Å². The molecule has 0 bridgehead atoms. The van der Waals surface area contributed by atoms with E-state index in [1.54, 1.807) is 0 Å². The standard InChI is InChI=1S/C20H31ClN2O.Y/c1-5-18(23(6-2)11-9-7-8-10-12-23)20(24)22-19-15(3)13-17(21)14-16(19)4;/h13-14,18H,5-12H2,1-4H3;/p+1. The molecule has 1 radical (unpaired) electrons. The molecule has 1 N–H and O–H groups in total. The smallest absolute Gasteiger partial charge is 0.282 e. The van der Waals surface area contributed by atoms with Gasteiger partial charge in [0.1, 0.15) is 0 Å². The first kappa shape index (κ1) is 23.1. The summed E-state index contributed by atoms with van der Waals surface area (Å²) in [5.41, 5.74) is 2.98. The number of quaternary nitrogens is 1. The van der Waals surface area contributed by atoms with Gasteiger partial charge in [0.25, 0.3) is 5.91 Å². The van der Waals surface area contributed by atoms with Crippen molar-refractivity contribution in [3.63, 3.8) is 0 Å². The van der Waals surface area contributed by atoms with Gasteiger partial charge in [0, 0.05) is 49.8 Å². The maximum absolute atomic E-state index is 13.1. The van der Waals surface area contributed by atoms with Crippen molar-refractivity contribution in [1.29, 1.82) is 0 Å². The van der Waals surface area contributed by atoms with Gasteiger partial charge < -0.3 is 9.80 Å². The van der Waals surface area contributed by atoms with E-state index in [4.69, 9.17) is 11.6 Å². The van der Waals surface area contributed by atoms with E-state index in [0.29, 0.717) is 0 Å². The van der Waals surface area contributed by atoms with E-state index in [0.717, 1.165) is 52.4 Å². The molecule has 0 spiro atoms. The molecule has 1 aliphatic rings. The molecule has 0 aliphatic carbocycles. The monoisotopic (exact) mass is 440 g/mol. The summed E-state index contributed by atoms with van der Waals surface area (Å²) in [5.74, 6) is 0.162. The van der Waals surface area contributed by atoms with Crippen molar-refractivity contribution >= 4 is 23.2 Å². The first-order chi connectivity index (χ1) is 11.4. The molecule has 1 heterocycles. The average molecular weight is 441 g/mol. The van der Waals surface area contributed by atoms with Gasteiger partial charge in [-0.1, -0.05) is 18.5 Å². The summed E-state index contributed by atoms with van der Waals surface area (Å²) in [6, 6.07) is 3.87. The van der Waals surface area contributed by atoms with Crippen LogP contribution in [-0.4, -0.2) is 36.1 Å². The minimum atomic E-state index is 0. The van der Waals surface area contributed by atoms with E-state index in [2.05, 4.69) is 19.2 Å². The molecule has 1 aliphatic heterocycles. The molecular weight excluding hydrogens is 409 g/mol. The molecule has 25 heavy (non-hydrogen) atoms. The Morgan fingerprint density at radius 3 is 2.08 bits per heavy atom. The van der Waals surface area contributed by atoms with Crippen LogP contribution in [0.2, 0.25) is 5.02 Å². The number of amides is 1. The van der Waals surface area contributed by atoms with Crippen LogP contribution in [0, 0.1) is 13.8 Å². The second kappa shape index (κ2) is 10.4. The summed E-state index contributed by atoms with van der Waals surface area (Å²) in [7, 11) is 0. The fourth-order valence-electron chi connectivity index (χ4n) is 4.30. The Labute approximate surface area is 183 Å². The molecule has 3 nitrogen and oxygen atoms in total. The third kappa shape index (κ3) is 5.51. The van der Waals surface area contributed by atoms with Crippen LogP contribution >= 0.6 is 11.6 Å². The zero-order chi connectivity index (χ0) is 17.7. The molecule has 1 atom stereocenters. The first-order valence-corrected chi connectivity index (χ1v) is 9.74. The van der Waals surface area contributed by atoms with Crippen molar-refractivity contribution in [2.75, 3.05) is 25.0 Å². The van der Waals surface area contributed by atoms with E-state index in [-0.39, 0.29) is 44.7 Å². The number of carbonyl (C=O) groups is 1. The molecule has 0 aromatic heterocycles. The van der Waals surface area contributed by atoms with Gasteiger partial charge in [-0.05, 0) is 69.7 Å². The SMILES string of the molecule is CCC(C(=O)Nc1c(C)cc(Cl)cc1C)[N+]1(CC)CCCCCC1.[Y]. The normalized spacial score (nSPS) is 18.0. The number of likely N-dealkylation sites (tertiary alicyclic amines) is 1. The predicted molar refractivity (Wildman–Crippen MR) is 103 cm³/mol. The average Bonchev–Trinajstić information content (AvgIpc) is 2.78. The summed E-state index contributed by atoms with van der Waals surface area (Å²) in [4.78, 5) is 13.1. The number of carbonyl (C=O) groups excluding carboxylic acids is 1. The molecule has 1 unspecified atom stereocenters. The number of rotatable bonds is 5. The van der Waals surface area contributed by atoms with Gasteiger partial charge in [0.15, 0.2) is 6.04 Å². The van der Waals surface area contributed by atoms with Crippen molar-refractivity contribution in [3.8, 4) is 0 Å². The van der Waals surface area contributed by atoms with E-state index >= 15 is 0 Å². The van der Waals surface area contributed by atoms with E-state index < -0.39 is 0 Å². The Balaban J connectivity index is 0.00000312. The second-order valence-corrected chi connectivity index (χ2v) is 7.66. The zero-order valence-electron chi connectivity index (χ0n) is 16.2. The molecule has 1 saturated heterocycles. The Morgan fingerprint density at radius 1 is 1.12 bits per heavy atom. The first-order valence-electron chi connectivity index (χ1n) is 9.37. The maximum Gasteiger partial charge on any atom is 0.282 e. The molecule has 1 amide bonds. The van der Waals surface area contributed by atoms with Crippen molar-refractivity contribution < 1.29 is 42.0 Å². The van der Waals surface area contributed by atoms with Gasteiger partial charge in [-0.15, -0.1) is 0 Å². The summed E-state index contributed by atoms with van der Waals surface area (Å²) < 4.78 is 0.939. The van der Waals surface area contributed by atoms with Crippen LogP contribution in [0.15, 0.2) is 12.1 Å². The number of hydrogen-bond donors (Lipinski definition) is 1. The topological polar surface area (TPSA) is 29.1 Å². The van der Waals surface area contributed by atoms with Crippen LogP contribution in [0.3, 0.4) is 0 Å². The largest absolute Gasteiger partial charge is 0.320 e. The van der Waals surface area contributed by atoms with Crippen LogP contribution in [0.1, 0.15) is 57.1 Å². The second-order valence-electron chi connectivity index (χ2n) is 7.22. The predicted octanol–water partition coefficient (Wildman–Crippen LogP) is 5.08. The Morgan fingerprint density at radius 2 is 1.64 bits per heavy atom. The number of nitrogens with zero attached hydrogens (tertiary/aromatic N) is 1. The van der Waals surface area contributed by atoms with E-state index in [1.807, 2.05) is 26.0 Å². The van der Waals surface area contributed by atoms with Gasteiger partial charge in [-0.25, -0.2) is 0 Å². The molecular formula is C20H32ClN2OY+. The van der Waals surface area contributed by atoms with Gasteiger partial charge in [-0.3, -0.25) is 4.79 Å². The number of benzene rings is 1. The number of anilines is 1. The molecule has 1 fully saturated rings. The minimum Gasteiger partial charge on any atom is -0.320 e. The third-order valence-electron chi connectivity index (χ3n) is 5.68. The third-order valence-corrected chi connectivity index (χ3v) is 5.90. The molecule has 0 saturated carbocycles. The van der Waals surface area contributed by atoms with Crippen LogP contribution in [-0.2, 0) is 37.5 Å². The minimum absolute atomic E-state index is 0. The zero-order valence-corrected chi connectivity index (χ0v) is 19.8. The summed E-state index contributed by atoms with van der Waals surface area (Å²) in [6.07, 6.45) is 5.94. The van der Waals surface area contributed by atoms with Crippen LogP contribution in [0.25, 0.3) is 0 Å². The van der Waals surface area contributed by atoms with E-state index in [1.165, 1.54) is 25.7 Å². The summed E-state index contributed by atoms with van der Waals surface area (Å²) >= 11 is 6.12. The van der Waals surface area contributed by atoms with E-state index in [9.17, 15) is 4.79 Å². The van der Waals surface area contributed by atoms with Crippen molar-refractivity contribution in [1.82, 2.24) is 0 Å². The molecule has 1 aromatic rings. The van der Waals surface area contributed by atoms with Gasteiger partial charge in [0.2, 0.25) is 0 Å². The quantitative estimate of drug-likeness (QED) is 0.635. The number of halogens is 1. The van der Waals surface area contributed by atoms with Crippen LogP contribution < -0.4 is 5.32 Å². The van der Waals surface area contributed by atoms with Crippen molar-refractivity contribution in [3.05, 3.63) is 28.3 Å². The number of likely N-dealkylation sites (N-methyl/N-ethyl adjacent to an activating group) is 1. The molecule has 137 valence electrons. The van der Waals surface area contributed by atoms with Gasteiger partial charge in [0.05, 0.1) is 19.6 Å². The van der Waals surface area contributed by atoms with Gasteiger partial charge in [-0.2, -0.15) is 0 Å². The maximum atomic E-state index is 13.1.